The van der Waals surface area contributed by atoms with E-state index < -0.39 is 17.8 Å². The van der Waals surface area contributed by atoms with Gasteiger partial charge in [0.2, 0.25) is 5.91 Å². The molecule has 17 heavy (non-hydrogen) atoms. The summed E-state index contributed by atoms with van der Waals surface area (Å²) < 4.78 is 13.7. The van der Waals surface area contributed by atoms with Crippen molar-refractivity contribution in [2.45, 2.75) is 32.4 Å². The average Bonchev–Trinajstić information content (AvgIpc) is 2.26. The van der Waals surface area contributed by atoms with Crippen LogP contribution in [0.25, 0.3) is 0 Å². The van der Waals surface area contributed by atoms with E-state index in [1.165, 1.54) is 18.2 Å². The Kier molecular flexibility index (Phi) is 4.90. The van der Waals surface area contributed by atoms with Crippen molar-refractivity contribution in [3.63, 3.8) is 0 Å². The first-order valence-electron chi connectivity index (χ1n) is 5.46. The Balaban J connectivity index is 3.10. The Morgan fingerprint density at radius 3 is 2.71 bits per heavy atom. The Morgan fingerprint density at radius 2 is 2.24 bits per heavy atom. The molecular weight excluding hydrogens is 243 g/mol. The molecule has 5 heteroatoms. The van der Waals surface area contributed by atoms with Crippen LogP contribution in [0.1, 0.15) is 31.9 Å². The van der Waals surface area contributed by atoms with Crippen LogP contribution in [0.2, 0.25) is 5.02 Å². The highest BCUT2D eigenvalue weighted by Crippen LogP contribution is 2.26. The smallest absolute Gasteiger partial charge is 0.239 e. The second-order valence-electron chi connectivity index (χ2n) is 3.95. The van der Waals surface area contributed by atoms with Crippen molar-refractivity contribution in [3.05, 3.63) is 34.6 Å². The standard InChI is InChI=1S/C12H16ClFN2O/c1-3-7(2)16-11(12(15)17)10-8(13)5-4-6-9(10)14/h4-7,11,16H,3H2,1-2H3,(H2,15,17). The number of carbonyl (C=O) groups excluding carboxylic acids is 1. The van der Waals surface area contributed by atoms with Crippen molar-refractivity contribution in [1.82, 2.24) is 5.32 Å². The molecule has 2 unspecified atom stereocenters. The number of amides is 1. The van der Waals surface area contributed by atoms with E-state index in [2.05, 4.69) is 5.32 Å². The van der Waals surface area contributed by atoms with Crippen LogP contribution in [-0.2, 0) is 4.79 Å². The zero-order valence-electron chi connectivity index (χ0n) is 9.84. The highest BCUT2D eigenvalue weighted by atomic mass is 35.5. The monoisotopic (exact) mass is 258 g/mol. The van der Waals surface area contributed by atoms with Gasteiger partial charge < -0.3 is 5.73 Å². The summed E-state index contributed by atoms with van der Waals surface area (Å²) in [5.74, 6) is -1.17. The maximum Gasteiger partial charge on any atom is 0.239 e. The highest BCUT2D eigenvalue weighted by molar-refractivity contribution is 6.31. The number of halogens is 2. The van der Waals surface area contributed by atoms with Crippen molar-refractivity contribution in [2.75, 3.05) is 0 Å². The van der Waals surface area contributed by atoms with Gasteiger partial charge in [0.05, 0.1) is 0 Å². The summed E-state index contributed by atoms with van der Waals surface area (Å²) in [5, 5.41) is 3.16. The second kappa shape index (κ2) is 5.98. The SMILES string of the molecule is CCC(C)NC(C(N)=O)c1c(F)cccc1Cl. The molecule has 0 spiro atoms. The molecule has 1 aromatic carbocycles. The van der Waals surface area contributed by atoms with Crippen LogP contribution in [0.4, 0.5) is 4.39 Å². The van der Waals surface area contributed by atoms with Crippen LogP contribution in [0.15, 0.2) is 18.2 Å². The molecule has 0 aliphatic carbocycles. The van der Waals surface area contributed by atoms with E-state index in [1.54, 1.807) is 0 Å². The van der Waals surface area contributed by atoms with Crippen molar-refractivity contribution < 1.29 is 9.18 Å². The Bertz CT molecular complexity index is 391. The van der Waals surface area contributed by atoms with Gasteiger partial charge in [-0.15, -0.1) is 0 Å². The van der Waals surface area contributed by atoms with Gasteiger partial charge in [0.15, 0.2) is 0 Å². The summed E-state index contributed by atoms with van der Waals surface area (Å²) >= 11 is 5.91. The molecule has 0 radical (unpaired) electrons. The molecule has 3 N–H and O–H groups in total. The maximum absolute atomic E-state index is 13.7. The predicted molar refractivity (Wildman–Crippen MR) is 66.2 cm³/mol. The molecule has 0 aliphatic rings. The van der Waals surface area contributed by atoms with Crippen LogP contribution in [0.5, 0.6) is 0 Å². The minimum atomic E-state index is -0.904. The van der Waals surface area contributed by atoms with Gasteiger partial charge in [-0.1, -0.05) is 24.6 Å². The first kappa shape index (κ1) is 13.9. The Morgan fingerprint density at radius 1 is 1.59 bits per heavy atom. The number of primary amides is 1. The molecule has 0 bridgehead atoms. The van der Waals surface area contributed by atoms with Crippen molar-refractivity contribution in [1.29, 1.82) is 0 Å². The van der Waals surface area contributed by atoms with E-state index in [0.29, 0.717) is 0 Å². The van der Waals surface area contributed by atoms with Crippen LogP contribution < -0.4 is 11.1 Å². The van der Waals surface area contributed by atoms with Gasteiger partial charge >= 0.3 is 0 Å². The lowest BCUT2D eigenvalue weighted by Crippen LogP contribution is -2.39. The third-order valence-corrected chi connectivity index (χ3v) is 2.97. The molecule has 94 valence electrons. The van der Waals surface area contributed by atoms with Crippen molar-refractivity contribution >= 4 is 17.5 Å². The zero-order valence-corrected chi connectivity index (χ0v) is 10.6. The van der Waals surface area contributed by atoms with Crippen molar-refractivity contribution in [3.8, 4) is 0 Å². The van der Waals surface area contributed by atoms with E-state index >= 15 is 0 Å². The molecule has 0 saturated heterocycles. The summed E-state index contributed by atoms with van der Waals surface area (Å²) in [6.07, 6.45) is 0.801. The molecular formula is C12H16ClFN2O. The molecule has 3 nitrogen and oxygen atoms in total. The number of nitrogens with two attached hydrogens (primary N) is 1. The van der Waals surface area contributed by atoms with E-state index in [4.69, 9.17) is 17.3 Å². The van der Waals surface area contributed by atoms with Gasteiger partial charge in [-0.2, -0.15) is 0 Å². The third kappa shape index (κ3) is 3.41. The van der Waals surface area contributed by atoms with Gasteiger partial charge in [-0.05, 0) is 25.5 Å². The number of hydrogen-bond donors (Lipinski definition) is 2. The number of carbonyl (C=O) groups is 1. The van der Waals surface area contributed by atoms with E-state index in [1.807, 2.05) is 13.8 Å². The summed E-state index contributed by atoms with van der Waals surface area (Å²) in [6.45, 7) is 3.85. The first-order chi connectivity index (χ1) is 7.97. The molecule has 1 rings (SSSR count). The maximum atomic E-state index is 13.7. The summed E-state index contributed by atoms with van der Waals surface area (Å²) in [5.41, 5.74) is 5.40. The number of nitrogens with one attached hydrogen (secondary N) is 1. The molecule has 0 fully saturated rings. The molecule has 2 atom stereocenters. The molecule has 1 aromatic rings. The predicted octanol–water partition coefficient (Wildman–Crippen LogP) is 2.39. The lowest BCUT2D eigenvalue weighted by Gasteiger charge is -2.21. The van der Waals surface area contributed by atoms with Gasteiger partial charge in [0.1, 0.15) is 11.9 Å². The third-order valence-electron chi connectivity index (χ3n) is 2.64. The molecule has 0 aromatic heterocycles. The van der Waals surface area contributed by atoms with E-state index in [0.717, 1.165) is 6.42 Å². The molecule has 0 heterocycles. The largest absolute Gasteiger partial charge is 0.368 e. The number of benzene rings is 1. The summed E-state index contributed by atoms with van der Waals surface area (Å²) in [6, 6.07) is 3.42. The van der Waals surface area contributed by atoms with Crippen LogP contribution in [-0.4, -0.2) is 11.9 Å². The normalized spacial score (nSPS) is 14.4. The fourth-order valence-electron chi connectivity index (χ4n) is 1.50. The Labute approximate surface area is 105 Å². The van der Waals surface area contributed by atoms with Gasteiger partial charge in [0.25, 0.3) is 0 Å². The lowest BCUT2D eigenvalue weighted by atomic mass is 10.0. The Hall–Kier alpha value is -1.13. The topological polar surface area (TPSA) is 55.1 Å². The molecule has 1 amide bonds. The van der Waals surface area contributed by atoms with Gasteiger partial charge in [0, 0.05) is 16.6 Å². The summed E-state index contributed by atoms with van der Waals surface area (Å²) in [7, 11) is 0. The average molecular weight is 259 g/mol. The van der Waals surface area contributed by atoms with Gasteiger partial charge in [-0.25, -0.2) is 4.39 Å². The zero-order chi connectivity index (χ0) is 13.0. The van der Waals surface area contributed by atoms with Gasteiger partial charge in [-0.3, -0.25) is 10.1 Å². The van der Waals surface area contributed by atoms with Crippen LogP contribution >= 0.6 is 11.6 Å². The molecule has 0 saturated carbocycles. The first-order valence-corrected chi connectivity index (χ1v) is 5.84. The minimum Gasteiger partial charge on any atom is -0.368 e. The minimum absolute atomic E-state index is 0.0446. The lowest BCUT2D eigenvalue weighted by molar-refractivity contribution is -0.120. The number of rotatable bonds is 5. The van der Waals surface area contributed by atoms with Crippen molar-refractivity contribution in [2.24, 2.45) is 5.73 Å². The number of hydrogen-bond acceptors (Lipinski definition) is 2. The second-order valence-corrected chi connectivity index (χ2v) is 4.35. The van der Waals surface area contributed by atoms with E-state index in [-0.39, 0.29) is 16.6 Å². The quantitative estimate of drug-likeness (QED) is 0.852. The van der Waals surface area contributed by atoms with E-state index in [9.17, 15) is 9.18 Å². The highest BCUT2D eigenvalue weighted by Gasteiger charge is 2.24. The fraction of sp³-hybridized carbons (Fsp3) is 0.417. The summed E-state index contributed by atoms with van der Waals surface area (Å²) in [4.78, 5) is 11.4. The van der Waals surface area contributed by atoms with Crippen LogP contribution in [0, 0.1) is 5.82 Å². The van der Waals surface area contributed by atoms with Crippen LogP contribution in [0.3, 0.4) is 0 Å². The fourth-order valence-corrected chi connectivity index (χ4v) is 1.77. The molecule has 0 aliphatic heterocycles.